The van der Waals surface area contributed by atoms with Crippen LogP contribution in [-0.4, -0.2) is 21.8 Å². The standard InChI is InChI=1S/C16H15ClN2O2/c1-21-15-7-6-12(17)8-11(15)9-19-14-5-3-2-4-13(14)18-16(19)10-20/h2-8,20H,9-10H2,1H3. The van der Waals surface area contributed by atoms with Crippen LogP contribution in [0.1, 0.15) is 11.4 Å². The first kappa shape index (κ1) is 13.9. The number of imidazole rings is 1. The molecule has 1 N–H and O–H groups in total. The summed E-state index contributed by atoms with van der Waals surface area (Å²) in [5, 5.41) is 10.2. The molecular weight excluding hydrogens is 288 g/mol. The third-order valence-corrected chi connectivity index (χ3v) is 3.68. The molecule has 0 atom stereocenters. The van der Waals surface area contributed by atoms with Crippen LogP contribution in [0.2, 0.25) is 5.02 Å². The van der Waals surface area contributed by atoms with E-state index in [1.54, 1.807) is 13.2 Å². The van der Waals surface area contributed by atoms with E-state index in [0.29, 0.717) is 17.4 Å². The molecule has 0 unspecified atom stereocenters. The second kappa shape index (κ2) is 5.76. The average Bonchev–Trinajstić information content (AvgIpc) is 2.86. The number of benzene rings is 2. The minimum Gasteiger partial charge on any atom is -0.496 e. The third-order valence-electron chi connectivity index (χ3n) is 3.45. The van der Waals surface area contributed by atoms with Gasteiger partial charge in [0.15, 0.2) is 0 Å². The van der Waals surface area contributed by atoms with E-state index in [0.717, 1.165) is 22.3 Å². The zero-order valence-corrected chi connectivity index (χ0v) is 12.3. The summed E-state index contributed by atoms with van der Waals surface area (Å²) in [6.45, 7) is 0.428. The highest BCUT2D eigenvalue weighted by Gasteiger charge is 2.12. The summed E-state index contributed by atoms with van der Waals surface area (Å²) in [5.74, 6) is 1.39. The zero-order chi connectivity index (χ0) is 14.8. The lowest BCUT2D eigenvalue weighted by Crippen LogP contribution is -2.06. The number of hydrogen-bond acceptors (Lipinski definition) is 3. The number of halogens is 1. The first-order valence-electron chi connectivity index (χ1n) is 6.60. The lowest BCUT2D eigenvalue weighted by Gasteiger charge is -2.12. The van der Waals surface area contributed by atoms with Gasteiger partial charge in [0.1, 0.15) is 18.2 Å². The van der Waals surface area contributed by atoms with Gasteiger partial charge >= 0.3 is 0 Å². The van der Waals surface area contributed by atoms with Gasteiger partial charge in [-0.15, -0.1) is 0 Å². The maximum Gasteiger partial charge on any atom is 0.136 e. The van der Waals surface area contributed by atoms with Gasteiger partial charge in [0, 0.05) is 10.6 Å². The van der Waals surface area contributed by atoms with Crippen LogP contribution in [0, 0.1) is 0 Å². The van der Waals surface area contributed by atoms with Crippen LogP contribution in [0.15, 0.2) is 42.5 Å². The molecule has 0 aliphatic carbocycles. The molecule has 3 rings (SSSR count). The first-order chi connectivity index (χ1) is 10.2. The number of aromatic nitrogens is 2. The fourth-order valence-electron chi connectivity index (χ4n) is 2.46. The van der Waals surface area contributed by atoms with Crippen molar-refractivity contribution < 1.29 is 9.84 Å². The number of aliphatic hydroxyl groups excluding tert-OH is 1. The molecule has 108 valence electrons. The Morgan fingerprint density at radius 3 is 2.81 bits per heavy atom. The summed E-state index contributed by atoms with van der Waals surface area (Å²) in [5.41, 5.74) is 2.79. The number of hydrogen-bond donors (Lipinski definition) is 1. The van der Waals surface area contributed by atoms with Crippen molar-refractivity contribution in [2.24, 2.45) is 0 Å². The number of nitrogens with zero attached hydrogens (tertiary/aromatic N) is 2. The molecule has 21 heavy (non-hydrogen) atoms. The van der Waals surface area contributed by atoms with Crippen molar-refractivity contribution >= 4 is 22.6 Å². The molecule has 0 saturated carbocycles. The van der Waals surface area contributed by atoms with E-state index in [4.69, 9.17) is 16.3 Å². The van der Waals surface area contributed by atoms with Gasteiger partial charge in [-0.3, -0.25) is 0 Å². The van der Waals surface area contributed by atoms with E-state index in [1.807, 2.05) is 41.0 Å². The largest absolute Gasteiger partial charge is 0.496 e. The smallest absolute Gasteiger partial charge is 0.136 e. The number of aliphatic hydroxyl groups is 1. The Bertz CT molecular complexity index is 783. The maximum absolute atomic E-state index is 9.54. The van der Waals surface area contributed by atoms with Crippen molar-refractivity contribution in [3.05, 3.63) is 58.9 Å². The highest BCUT2D eigenvalue weighted by molar-refractivity contribution is 6.30. The lowest BCUT2D eigenvalue weighted by atomic mass is 10.2. The normalized spacial score (nSPS) is 11.0. The molecule has 0 spiro atoms. The van der Waals surface area contributed by atoms with Crippen LogP contribution in [0.5, 0.6) is 5.75 Å². The zero-order valence-electron chi connectivity index (χ0n) is 11.6. The summed E-state index contributed by atoms with van der Waals surface area (Å²) in [6, 6.07) is 13.3. The number of fused-ring (bicyclic) bond motifs is 1. The van der Waals surface area contributed by atoms with Gasteiger partial charge in [-0.1, -0.05) is 23.7 Å². The molecule has 5 heteroatoms. The molecule has 1 heterocycles. The molecule has 2 aromatic carbocycles. The van der Waals surface area contributed by atoms with Crippen molar-refractivity contribution in [2.75, 3.05) is 7.11 Å². The Kier molecular flexibility index (Phi) is 3.82. The molecule has 0 aliphatic rings. The van der Waals surface area contributed by atoms with Gasteiger partial charge in [-0.25, -0.2) is 4.98 Å². The van der Waals surface area contributed by atoms with E-state index < -0.39 is 0 Å². The Balaban J connectivity index is 2.11. The molecule has 0 bridgehead atoms. The van der Waals surface area contributed by atoms with Crippen molar-refractivity contribution in [1.29, 1.82) is 0 Å². The molecule has 1 aromatic heterocycles. The van der Waals surface area contributed by atoms with E-state index in [-0.39, 0.29) is 6.61 Å². The van der Waals surface area contributed by atoms with Gasteiger partial charge in [-0.2, -0.15) is 0 Å². The quantitative estimate of drug-likeness (QED) is 0.805. The average molecular weight is 303 g/mol. The molecular formula is C16H15ClN2O2. The number of rotatable bonds is 4. The Morgan fingerprint density at radius 1 is 1.24 bits per heavy atom. The lowest BCUT2D eigenvalue weighted by molar-refractivity contribution is 0.266. The fraction of sp³-hybridized carbons (Fsp3) is 0.188. The summed E-state index contributed by atoms with van der Waals surface area (Å²) in [7, 11) is 1.63. The number of methoxy groups -OCH3 is 1. The van der Waals surface area contributed by atoms with Gasteiger partial charge < -0.3 is 14.4 Å². The Morgan fingerprint density at radius 2 is 2.05 bits per heavy atom. The SMILES string of the molecule is COc1ccc(Cl)cc1Cn1c(CO)nc2ccccc21. The predicted molar refractivity (Wildman–Crippen MR) is 82.8 cm³/mol. The summed E-state index contributed by atoms with van der Waals surface area (Å²) in [6.07, 6.45) is 0. The van der Waals surface area contributed by atoms with Crippen molar-refractivity contribution in [3.63, 3.8) is 0 Å². The van der Waals surface area contributed by atoms with Crippen LogP contribution >= 0.6 is 11.6 Å². The van der Waals surface area contributed by atoms with Crippen molar-refractivity contribution in [3.8, 4) is 5.75 Å². The molecule has 0 fully saturated rings. The van der Waals surface area contributed by atoms with Crippen LogP contribution in [0.4, 0.5) is 0 Å². The first-order valence-corrected chi connectivity index (χ1v) is 6.98. The van der Waals surface area contributed by atoms with E-state index in [9.17, 15) is 5.11 Å². The summed E-state index contributed by atoms with van der Waals surface area (Å²) >= 11 is 6.08. The third kappa shape index (κ3) is 2.60. The molecule has 4 nitrogen and oxygen atoms in total. The molecule has 3 aromatic rings. The monoisotopic (exact) mass is 302 g/mol. The number of ether oxygens (including phenoxy) is 1. The molecule has 0 saturated heterocycles. The topological polar surface area (TPSA) is 47.3 Å². The highest BCUT2D eigenvalue weighted by atomic mass is 35.5. The predicted octanol–water partition coefficient (Wildman–Crippen LogP) is 3.24. The minimum atomic E-state index is -0.114. The van der Waals surface area contributed by atoms with Gasteiger partial charge in [0.05, 0.1) is 24.7 Å². The van der Waals surface area contributed by atoms with Crippen molar-refractivity contribution in [2.45, 2.75) is 13.2 Å². The Labute approximate surface area is 127 Å². The van der Waals surface area contributed by atoms with Crippen molar-refractivity contribution in [1.82, 2.24) is 9.55 Å². The molecule has 0 radical (unpaired) electrons. The summed E-state index contributed by atoms with van der Waals surface area (Å²) < 4.78 is 7.36. The van der Waals surface area contributed by atoms with Crippen LogP contribution in [0.25, 0.3) is 11.0 Å². The van der Waals surface area contributed by atoms with E-state index in [2.05, 4.69) is 4.98 Å². The van der Waals surface area contributed by atoms with Gasteiger partial charge in [0.25, 0.3) is 0 Å². The van der Waals surface area contributed by atoms with Crippen LogP contribution in [-0.2, 0) is 13.2 Å². The van der Waals surface area contributed by atoms with Crippen LogP contribution < -0.4 is 4.74 Å². The number of para-hydroxylation sites is 2. The highest BCUT2D eigenvalue weighted by Crippen LogP contribution is 2.26. The molecule has 0 amide bonds. The second-order valence-electron chi connectivity index (χ2n) is 4.72. The molecule has 0 aliphatic heterocycles. The van der Waals surface area contributed by atoms with E-state index >= 15 is 0 Å². The Hall–Kier alpha value is -2.04. The second-order valence-corrected chi connectivity index (χ2v) is 5.15. The van der Waals surface area contributed by atoms with Gasteiger partial charge in [-0.05, 0) is 30.3 Å². The maximum atomic E-state index is 9.54. The van der Waals surface area contributed by atoms with E-state index in [1.165, 1.54) is 0 Å². The minimum absolute atomic E-state index is 0.114. The fourth-order valence-corrected chi connectivity index (χ4v) is 2.66. The summed E-state index contributed by atoms with van der Waals surface area (Å²) in [4.78, 5) is 4.44. The van der Waals surface area contributed by atoms with Crippen LogP contribution in [0.3, 0.4) is 0 Å². The van der Waals surface area contributed by atoms with Gasteiger partial charge in [0.2, 0.25) is 0 Å².